The van der Waals surface area contributed by atoms with Crippen molar-refractivity contribution in [1.29, 1.82) is 0 Å². The van der Waals surface area contributed by atoms with Gasteiger partial charge in [0.25, 0.3) is 5.56 Å². The fraction of sp³-hybridized carbons (Fsp3) is 0.333. The Hall–Kier alpha value is -2.48. The number of aromatic amines is 1. The number of ether oxygens (including phenoxy) is 1. The minimum atomic E-state index is -0.256. The summed E-state index contributed by atoms with van der Waals surface area (Å²) in [6.45, 7) is 0.879. The van der Waals surface area contributed by atoms with Crippen molar-refractivity contribution in [1.82, 2.24) is 19.9 Å². The molecule has 4 rings (SSSR count). The molecule has 3 aromatic heterocycles. The first-order valence-electron chi connectivity index (χ1n) is 7.36. The molecule has 8 heteroatoms. The topological polar surface area (TPSA) is 84.0 Å². The Kier molecular flexibility index (Phi) is 3.45. The van der Waals surface area contributed by atoms with Crippen LogP contribution in [0.15, 0.2) is 28.8 Å². The van der Waals surface area contributed by atoms with Gasteiger partial charge in [0.1, 0.15) is 12.2 Å². The first-order chi connectivity index (χ1) is 11.3. The molecule has 1 aliphatic rings. The third-order valence-electron chi connectivity index (χ3n) is 4.07. The van der Waals surface area contributed by atoms with Gasteiger partial charge < -0.3 is 14.6 Å². The molecule has 4 heterocycles. The van der Waals surface area contributed by atoms with Gasteiger partial charge in [-0.1, -0.05) is 0 Å². The Balaban J connectivity index is 1.76. The summed E-state index contributed by atoms with van der Waals surface area (Å²) in [6.07, 6.45) is 5.01. The van der Waals surface area contributed by atoms with E-state index in [1.54, 1.807) is 17.7 Å². The Morgan fingerprint density at radius 1 is 1.39 bits per heavy atom. The number of fused-ring (bicyclic) bond motifs is 1. The molecule has 23 heavy (non-hydrogen) atoms. The van der Waals surface area contributed by atoms with Crippen molar-refractivity contribution in [3.8, 4) is 5.75 Å². The Bertz CT molecular complexity index is 906. The van der Waals surface area contributed by atoms with Crippen molar-refractivity contribution in [2.75, 3.05) is 18.6 Å². The standard InChI is InChI=1S/C15H15N5O2S/c1-22-11-7-16-13(19-15(11)21)10-3-2-5-20(10)14-12-9(4-6-23-12)17-8-18-14/h4,6-8,10H,2-3,5H2,1H3,(H,16,19,21). The maximum atomic E-state index is 12.0. The molecule has 1 saturated heterocycles. The molecule has 1 atom stereocenters. The van der Waals surface area contributed by atoms with E-state index in [4.69, 9.17) is 4.74 Å². The van der Waals surface area contributed by atoms with Gasteiger partial charge in [0.15, 0.2) is 5.82 Å². The first kappa shape index (κ1) is 14.1. The number of nitrogens with zero attached hydrogens (tertiary/aromatic N) is 4. The molecule has 1 unspecified atom stereocenters. The highest BCUT2D eigenvalue weighted by Gasteiger charge is 2.30. The molecular weight excluding hydrogens is 314 g/mol. The van der Waals surface area contributed by atoms with E-state index in [2.05, 4.69) is 24.8 Å². The zero-order chi connectivity index (χ0) is 15.8. The lowest BCUT2D eigenvalue weighted by Crippen LogP contribution is -2.27. The van der Waals surface area contributed by atoms with Crippen molar-refractivity contribution in [3.05, 3.63) is 40.1 Å². The lowest BCUT2D eigenvalue weighted by atomic mass is 10.2. The average molecular weight is 329 g/mol. The van der Waals surface area contributed by atoms with Crippen molar-refractivity contribution < 1.29 is 4.74 Å². The second-order valence-electron chi connectivity index (χ2n) is 5.35. The number of aromatic nitrogens is 4. The number of H-pyrrole nitrogens is 1. The molecule has 118 valence electrons. The Morgan fingerprint density at radius 3 is 3.13 bits per heavy atom. The van der Waals surface area contributed by atoms with E-state index in [9.17, 15) is 4.79 Å². The molecule has 1 aliphatic heterocycles. The average Bonchev–Trinajstić information content (AvgIpc) is 3.23. The van der Waals surface area contributed by atoms with E-state index in [0.717, 1.165) is 35.4 Å². The summed E-state index contributed by atoms with van der Waals surface area (Å²) in [5.41, 5.74) is 0.690. The van der Waals surface area contributed by atoms with Crippen LogP contribution in [0.5, 0.6) is 5.75 Å². The predicted octanol–water partition coefficient (Wildman–Crippen LogP) is 2.12. The zero-order valence-electron chi connectivity index (χ0n) is 12.5. The third kappa shape index (κ3) is 2.35. The van der Waals surface area contributed by atoms with Gasteiger partial charge >= 0.3 is 0 Å². The smallest absolute Gasteiger partial charge is 0.293 e. The molecule has 0 bridgehead atoms. The highest BCUT2D eigenvalue weighted by atomic mass is 32.1. The van der Waals surface area contributed by atoms with Crippen molar-refractivity contribution in [3.63, 3.8) is 0 Å². The van der Waals surface area contributed by atoms with Crippen LogP contribution in [0.25, 0.3) is 10.2 Å². The lowest BCUT2D eigenvalue weighted by molar-refractivity contribution is 0.404. The number of hydrogen-bond acceptors (Lipinski definition) is 7. The summed E-state index contributed by atoms with van der Waals surface area (Å²) in [7, 11) is 1.46. The van der Waals surface area contributed by atoms with Crippen molar-refractivity contribution in [2.45, 2.75) is 18.9 Å². The van der Waals surface area contributed by atoms with Crippen LogP contribution >= 0.6 is 11.3 Å². The monoisotopic (exact) mass is 329 g/mol. The van der Waals surface area contributed by atoms with Gasteiger partial charge in [0, 0.05) is 6.54 Å². The minimum Gasteiger partial charge on any atom is -0.490 e. The van der Waals surface area contributed by atoms with Crippen LogP contribution in [0, 0.1) is 0 Å². The number of thiophene rings is 1. The second kappa shape index (κ2) is 5.62. The van der Waals surface area contributed by atoms with E-state index < -0.39 is 0 Å². The fourth-order valence-corrected chi connectivity index (χ4v) is 3.85. The molecule has 7 nitrogen and oxygen atoms in total. The van der Waals surface area contributed by atoms with Crippen LogP contribution in [-0.2, 0) is 0 Å². The molecule has 1 N–H and O–H groups in total. The molecule has 0 radical (unpaired) electrons. The van der Waals surface area contributed by atoms with E-state index in [1.807, 2.05) is 11.4 Å². The van der Waals surface area contributed by atoms with E-state index in [0.29, 0.717) is 5.82 Å². The number of anilines is 1. The molecule has 0 aliphatic carbocycles. The van der Waals surface area contributed by atoms with E-state index >= 15 is 0 Å². The summed E-state index contributed by atoms with van der Waals surface area (Å²) < 4.78 is 6.05. The third-order valence-corrected chi connectivity index (χ3v) is 4.97. The van der Waals surface area contributed by atoms with Gasteiger partial charge in [-0.15, -0.1) is 11.3 Å². The molecule has 1 fully saturated rings. The molecule has 0 amide bonds. The number of hydrogen-bond donors (Lipinski definition) is 1. The van der Waals surface area contributed by atoms with Gasteiger partial charge in [-0.25, -0.2) is 15.0 Å². The van der Waals surface area contributed by atoms with Crippen LogP contribution in [0.4, 0.5) is 5.82 Å². The highest BCUT2D eigenvalue weighted by Crippen LogP contribution is 2.37. The molecule has 0 spiro atoms. The molecule has 0 saturated carbocycles. The summed E-state index contributed by atoms with van der Waals surface area (Å²) in [4.78, 5) is 30.2. The maximum absolute atomic E-state index is 12.0. The van der Waals surface area contributed by atoms with Gasteiger partial charge in [-0.3, -0.25) is 4.79 Å². The van der Waals surface area contributed by atoms with Gasteiger partial charge in [-0.05, 0) is 24.3 Å². The second-order valence-corrected chi connectivity index (χ2v) is 6.27. The number of methoxy groups -OCH3 is 1. The van der Waals surface area contributed by atoms with Crippen molar-refractivity contribution in [2.24, 2.45) is 0 Å². The van der Waals surface area contributed by atoms with Crippen LogP contribution in [-0.4, -0.2) is 33.6 Å². The molecule has 3 aromatic rings. The Labute approximate surface area is 136 Å². The lowest BCUT2D eigenvalue weighted by Gasteiger charge is -2.25. The predicted molar refractivity (Wildman–Crippen MR) is 88.1 cm³/mol. The zero-order valence-corrected chi connectivity index (χ0v) is 13.3. The van der Waals surface area contributed by atoms with Gasteiger partial charge in [0.2, 0.25) is 5.75 Å². The normalized spacial score (nSPS) is 17.8. The van der Waals surface area contributed by atoms with E-state index in [1.165, 1.54) is 13.3 Å². The Morgan fingerprint density at radius 2 is 2.30 bits per heavy atom. The highest BCUT2D eigenvalue weighted by molar-refractivity contribution is 7.17. The van der Waals surface area contributed by atoms with Crippen molar-refractivity contribution >= 4 is 27.4 Å². The molecule has 0 aromatic carbocycles. The summed E-state index contributed by atoms with van der Waals surface area (Å²) in [5.74, 6) is 1.78. The van der Waals surface area contributed by atoms with Crippen LogP contribution in [0.2, 0.25) is 0 Å². The fourth-order valence-electron chi connectivity index (χ4n) is 3.00. The van der Waals surface area contributed by atoms with Crippen LogP contribution in [0.1, 0.15) is 24.7 Å². The van der Waals surface area contributed by atoms with E-state index in [-0.39, 0.29) is 17.4 Å². The van der Waals surface area contributed by atoms with Crippen LogP contribution in [0.3, 0.4) is 0 Å². The quantitative estimate of drug-likeness (QED) is 0.792. The summed E-state index contributed by atoms with van der Waals surface area (Å²) >= 11 is 1.63. The summed E-state index contributed by atoms with van der Waals surface area (Å²) in [5, 5.41) is 2.02. The summed E-state index contributed by atoms with van der Waals surface area (Å²) in [6, 6.07) is 2.00. The molecular formula is C15H15N5O2S. The van der Waals surface area contributed by atoms with Gasteiger partial charge in [0.05, 0.1) is 29.6 Å². The van der Waals surface area contributed by atoms with Crippen LogP contribution < -0.4 is 15.2 Å². The largest absolute Gasteiger partial charge is 0.490 e. The SMILES string of the molecule is COc1cnc(C2CCCN2c2ncnc3ccsc23)[nH]c1=O. The first-order valence-corrected chi connectivity index (χ1v) is 8.24. The number of rotatable bonds is 3. The minimum absolute atomic E-state index is 0.00815. The maximum Gasteiger partial charge on any atom is 0.293 e. The number of nitrogens with one attached hydrogen (secondary N) is 1. The van der Waals surface area contributed by atoms with Gasteiger partial charge in [-0.2, -0.15) is 0 Å².